The Morgan fingerprint density at radius 2 is 2.11 bits per heavy atom. The number of nitrogens with one attached hydrogen (secondary N) is 1. The minimum atomic E-state index is -4.54. The van der Waals surface area contributed by atoms with E-state index in [0.717, 1.165) is 25.5 Å². The summed E-state index contributed by atoms with van der Waals surface area (Å²) in [6.07, 6.45) is -2.18. The Bertz CT molecular complexity index is 442. The van der Waals surface area contributed by atoms with Gasteiger partial charge in [-0.2, -0.15) is 13.2 Å². The second kappa shape index (κ2) is 5.09. The Morgan fingerprint density at radius 1 is 1.39 bits per heavy atom. The molecule has 1 unspecified atom stereocenters. The molecule has 0 aliphatic carbocycles. The minimum Gasteiger partial charge on any atom is -0.507 e. The second-order valence-corrected chi connectivity index (χ2v) is 5.37. The number of phenols is 1. The van der Waals surface area contributed by atoms with Crippen LogP contribution < -0.4 is 5.32 Å². The number of rotatable bonds is 2. The predicted molar refractivity (Wildman–Crippen MR) is 65.5 cm³/mol. The third kappa shape index (κ3) is 2.98. The number of hydrogen-bond acceptors (Lipinski definition) is 2. The van der Waals surface area contributed by atoms with Crippen molar-refractivity contribution in [3.8, 4) is 5.75 Å². The summed E-state index contributed by atoms with van der Waals surface area (Å²) in [6, 6.07) is 2.59. The molecule has 18 heavy (non-hydrogen) atoms. The number of halogens is 4. The zero-order chi connectivity index (χ0) is 13.3. The van der Waals surface area contributed by atoms with E-state index in [2.05, 4.69) is 21.2 Å². The molecule has 0 spiro atoms. The van der Waals surface area contributed by atoms with E-state index in [0.29, 0.717) is 16.5 Å². The molecule has 1 saturated heterocycles. The third-order valence-electron chi connectivity index (χ3n) is 3.09. The fourth-order valence-electron chi connectivity index (χ4n) is 2.22. The molecule has 1 aromatic carbocycles. The van der Waals surface area contributed by atoms with Crippen molar-refractivity contribution < 1.29 is 18.3 Å². The van der Waals surface area contributed by atoms with Gasteiger partial charge in [0, 0.05) is 10.5 Å². The lowest BCUT2D eigenvalue weighted by Crippen LogP contribution is -2.24. The summed E-state index contributed by atoms with van der Waals surface area (Å²) in [5.41, 5.74) is -0.652. The lowest BCUT2D eigenvalue weighted by atomic mass is 10.0. The van der Waals surface area contributed by atoms with Crippen LogP contribution in [0.4, 0.5) is 13.2 Å². The topological polar surface area (TPSA) is 32.3 Å². The van der Waals surface area contributed by atoms with Crippen LogP contribution in [0.1, 0.15) is 24.0 Å². The molecule has 2 N–H and O–H groups in total. The first-order chi connectivity index (χ1) is 8.38. The maximum absolute atomic E-state index is 12.7. The van der Waals surface area contributed by atoms with Crippen molar-refractivity contribution in [2.24, 2.45) is 0 Å². The molecule has 0 bridgehead atoms. The van der Waals surface area contributed by atoms with E-state index in [1.165, 1.54) is 0 Å². The molecular formula is C12H13BrF3NO. The third-order valence-corrected chi connectivity index (χ3v) is 3.55. The number of benzene rings is 1. The highest BCUT2D eigenvalue weighted by Gasteiger charge is 2.35. The molecule has 6 heteroatoms. The molecule has 1 aromatic rings. The van der Waals surface area contributed by atoms with Crippen LogP contribution in [0, 0.1) is 0 Å². The van der Waals surface area contributed by atoms with E-state index in [9.17, 15) is 18.3 Å². The fourth-order valence-corrected chi connectivity index (χ4v) is 2.73. The minimum absolute atomic E-state index is 0.145. The van der Waals surface area contributed by atoms with E-state index in [-0.39, 0.29) is 6.04 Å². The van der Waals surface area contributed by atoms with Gasteiger partial charge in [0.2, 0.25) is 0 Å². The monoisotopic (exact) mass is 323 g/mol. The van der Waals surface area contributed by atoms with Gasteiger partial charge in [0.25, 0.3) is 0 Å². The van der Waals surface area contributed by atoms with Crippen LogP contribution in [-0.2, 0) is 12.6 Å². The zero-order valence-electron chi connectivity index (χ0n) is 9.52. The highest BCUT2D eigenvalue weighted by molar-refractivity contribution is 9.10. The maximum atomic E-state index is 12.7. The highest BCUT2D eigenvalue weighted by Crippen LogP contribution is 2.40. The zero-order valence-corrected chi connectivity index (χ0v) is 11.1. The first kappa shape index (κ1) is 13.7. The van der Waals surface area contributed by atoms with Crippen LogP contribution in [0.25, 0.3) is 0 Å². The van der Waals surface area contributed by atoms with E-state index in [1.807, 2.05) is 0 Å². The number of phenolic OH excluding ortho intramolecular Hbond substituents is 1. The molecule has 1 aliphatic rings. The molecule has 2 rings (SSSR count). The quantitative estimate of drug-likeness (QED) is 0.873. The summed E-state index contributed by atoms with van der Waals surface area (Å²) in [5.74, 6) is -0.653. The summed E-state index contributed by atoms with van der Waals surface area (Å²) in [4.78, 5) is 0. The molecule has 1 heterocycles. The van der Waals surface area contributed by atoms with E-state index in [1.54, 1.807) is 6.07 Å². The summed E-state index contributed by atoms with van der Waals surface area (Å²) >= 11 is 3.06. The molecule has 0 aromatic heterocycles. The summed E-state index contributed by atoms with van der Waals surface area (Å²) in [7, 11) is 0. The van der Waals surface area contributed by atoms with E-state index >= 15 is 0 Å². The summed E-state index contributed by atoms with van der Waals surface area (Å²) < 4.78 is 38.5. The smallest absolute Gasteiger partial charge is 0.420 e. The van der Waals surface area contributed by atoms with Gasteiger partial charge in [-0.3, -0.25) is 0 Å². The van der Waals surface area contributed by atoms with Gasteiger partial charge in [0.1, 0.15) is 5.75 Å². The normalized spacial score (nSPS) is 20.3. The highest BCUT2D eigenvalue weighted by atomic mass is 79.9. The van der Waals surface area contributed by atoms with Crippen molar-refractivity contribution in [2.75, 3.05) is 6.54 Å². The van der Waals surface area contributed by atoms with Crippen LogP contribution in [0.3, 0.4) is 0 Å². The van der Waals surface area contributed by atoms with Gasteiger partial charge in [-0.15, -0.1) is 0 Å². The lowest BCUT2D eigenvalue weighted by Gasteiger charge is -2.16. The van der Waals surface area contributed by atoms with Crippen molar-refractivity contribution in [2.45, 2.75) is 31.5 Å². The molecule has 0 saturated carbocycles. The number of aromatic hydroxyl groups is 1. The summed E-state index contributed by atoms with van der Waals surface area (Å²) in [6.45, 7) is 0.881. The number of alkyl halides is 3. The largest absolute Gasteiger partial charge is 0.507 e. The molecule has 1 aliphatic heterocycles. The van der Waals surface area contributed by atoms with Crippen molar-refractivity contribution in [1.29, 1.82) is 0 Å². The van der Waals surface area contributed by atoms with Crippen LogP contribution >= 0.6 is 15.9 Å². The SMILES string of the molecule is Oc1c(CC2CCCN2)cc(Br)cc1C(F)(F)F. The molecular weight excluding hydrogens is 311 g/mol. The average molecular weight is 324 g/mol. The molecule has 1 atom stereocenters. The van der Waals surface area contributed by atoms with Gasteiger partial charge in [-0.25, -0.2) is 0 Å². The van der Waals surface area contributed by atoms with Gasteiger partial charge >= 0.3 is 6.18 Å². The molecule has 0 radical (unpaired) electrons. The van der Waals surface area contributed by atoms with Crippen LogP contribution in [-0.4, -0.2) is 17.7 Å². The van der Waals surface area contributed by atoms with Crippen LogP contribution in [0.15, 0.2) is 16.6 Å². The molecule has 0 amide bonds. The van der Waals surface area contributed by atoms with Crippen LogP contribution in [0.5, 0.6) is 5.75 Å². The van der Waals surface area contributed by atoms with Gasteiger partial charge in [0.15, 0.2) is 0 Å². The molecule has 100 valence electrons. The first-order valence-corrected chi connectivity index (χ1v) is 6.49. The Hall–Kier alpha value is -0.750. The number of hydrogen-bond donors (Lipinski definition) is 2. The Morgan fingerprint density at radius 3 is 2.67 bits per heavy atom. The Kier molecular flexibility index (Phi) is 3.87. The molecule has 2 nitrogen and oxygen atoms in total. The van der Waals surface area contributed by atoms with Gasteiger partial charge in [-0.1, -0.05) is 15.9 Å². The average Bonchev–Trinajstić information content (AvgIpc) is 2.74. The van der Waals surface area contributed by atoms with Crippen molar-refractivity contribution in [1.82, 2.24) is 5.32 Å². The van der Waals surface area contributed by atoms with Gasteiger partial charge in [-0.05, 0) is 43.5 Å². The lowest BCUT2D eigenvalue weighted by molar-refractivity contribution is -0.138. The molecule has 1 fully saturated rings. The van der Waals surface area contributed by atoms with E-state index in [4.69, 9.17) is 0 Å². The predicted octanol–water partition coefficient (Wildman–Crippen LogP) is 3.47. The van der Waals surface area contributed by atoms with Gasteiger partial charge in [0.05, 0.1) is 5.56 Å². The van der Waals surface area contributed by atoms with Crippen molar-refractivity contribution in [3.05, 3.63) is 27.7 Å². The maximum Gasteiger partial charge on any atom is 0.420 e. The van der Waals surface area contributed by atoms with Crippen molar-refractivity contribution >= 4 is 15.9 Å². The Balaban J connectivity index is 2.32. The Labute approximate surface area is 111 Å². The van der Waals surface area contributed by atoms with Crippen LogP contribution in [0.2, 0.25) is 0 Å². The standard InChI is InChI=1S/C12H13BrF3NO/c13-8-4-7(5-9-2-1-3-17-9)11(18)10(6-8)12(14,15)16/h4,6,9,17-18H,1-3,5H2. The van der Waals surface area contributed by atoms with Crippen molar-refractivity contribution in [3.63, 3.8) is 0 Å². The van der Waals surface area contributed by atoms with Gasteiger partial charge < -0.3 is 10.4 Å². The second-order valence-electron chi connectivity index (χ2n) is 4.46. The first-order valence-electron chi connectivity index (χ1n) is 5.70. The van der Waals surface area contributed by atoms with E-state index < -0.39 is 17.5 Å². The summed E-state index contributed by atoms with van der Waals surface area (Å²) in [5, 5.41) is 12.9. The fraction of sp³-hybridized carbons (Fsp3) is 0.500.